The molecule has 1 heterocycles. The van der Waals surface area contributed by atoms with Crippen LogP contribution in [0.2, 0.25) is 0 Å². The maximum absolute atomic E-state index is 5.81. The van der Waals surface area contributed by atoms with Crippen LogP contribution in [0, 0.1) is 0 Å². The van der Waals surface area contributed by atoms with E-state index < -0.39 is 0 Å². The Morgan fingerprint density at radius 2 is 1.95 bits per heavy atom. The first-order chi connectivity index (χ1) is 9.31. The van der Waals surface area contributed by atoms with E-state index in [4.69, 9.17) is 5.84 Å². The summed E-state index contributed by atoms with van der Waals surface area (Å²) in [4.78, 5) is 0. The van der Waals surface area contributed by atoms with E-state index in [9.17, 15) is 0 Å². The fourth-order valence-electron chi connectivity index (χ4n) is 2.64. The predicted octanol–water partition coefficient (Wildman–Crippen LogP) is 2.60. The molecular formula is C15H22N4. The predicted molar refractivity (Wildman–Crippen MR) is 77.4 cm³/mol. The van der Waals surface area contributed by atoms with E-state index in [2.05, 4.69) is 48.6 Å². The van der Waals surface area contributed by atoms with Gasteiger partial charge in [-0.05, 0) is 25.0 Å². The molecule has 0 spiro atoms. The third-order valence-electron chi connectivity index (χ3n) is 3.62. The number of hydrogen-bond acceptors (Lipinski definition) is 3. The summed E-state index contributed by atoms with van der Waals surface area (Å²) < 4.78 is 2.00. The van der Waals surface area contributed by atoms with E-state index in [1.54, 1.807) is 0 Å². The highest BCUT2D eigenvalue weighted by atomic mass is 15.3. The van der Waals surface area contributed by atoms with E-state index in [1.807, 2.05) is 23.0 Å². The highest BCUT2D eigenvalue weighted by Gasteiger charge is 2.24. The molecule has 3 N–H and O–H groups in total. The van der Waals surface area contributed by atoms with Gasteiger partial charge in [0.2, 0.25) is 0 Å². The van der Waals surface area contributed by atoms with E-state index in [-0.39, 0.29) is 6.04 Å². The fraction of sp³-hybridized carbons (Fsp3) is 0.400. The van der Waals surface area contributed by atoms with E-state index in [1.165, 1.54) is 5.56 Å². The van der Waals surface area contributed by atoms with Gasteiger partial charge in [0, 0.05) is 18.7 Å². The zero-order valence-electron chi connectivity index (χ0n) is 11.6. The Morgan fingerprint density at radius 1 is 1.21 bits per heavy atom. The van der Waals surface area contributed by atoms with Gasteiger partial charge in [0.25, 0.3) is 0 Å². The van der Waals surface area contributed by atoms with Gasteiger partial charge < -0.3 is 0 Å². The minimum absolute atomic E-state index is 0.0786. The Kier molecular flexibility index (Phi) is 4.71. The first kappa shape index (κ1) is 13.8. The molecular weight excluding hydrogens is 236 g/mol. The van der Waals surface area contributed by atoms with Crippen molar-refractivity contribution < 1.29 is 0 Å². The van der Waals surface area contributed by atoms with Crippen LogP contribution in [-0.4, -0.2) is 9.78 Å². The van der Waals surface area contributed by atoms with Gasteiger partial charge in [-0.1, -0.05) is 37.3 Å². The second-order valence-electron chi connectivity index (χ2n) is 4.64. The van der Waals surface area contributed by atoms with E-state index >= 15 is 0 Å². The molecule has 2 rings (SSSR count). The van der Waals surface area contributed by atoms with Crippen molar-refractivity contribution in [2.75, 3.05) is 0 Å². The summed E-state index contributed by atoms with van der Waals surface area (Å²) in [6.07, 6.45) is 2.86. The number of nitrogens with two attached hydrogens (primary N) is 1. The molecule has 4 heteroatoms. The van der Waals surface area contributed by atoms with Gasteiger partial charge in [-0.3, -0.25) is 16.0 Å². The number of rotatable bonds is 6. The second kappa shape index (κ2) is 6.50. The Labute approximate surface area is 114 Å². The van der Waals surface area contributed by atoms with Crippen molar-refractivity contribution in [2.24, 2.45) is 5.84 Å². The van der Waals surface area contributed by atoms with Crippen LogP contribution in [-0.2, 0) is 6.54 Å². The second-order valence-corrected chi connectivity index (χ2v) is 4.64. The van der Waals surface area contributed by atoms with Gasteiger partial charge in [-0.15, -0.1) is 0 Å². The molecule has 0 fully saturated rings. The quantitative estimate of drug-likeness (QED) is 0.618. The van der Waals surface area contributed by atoms with Crippen LogP contribution >= 0.6 is 0 Å². The van der Waals surface area contributed by atoms with Crippen LogP contribution in [0.1, 0.15) is 43.5 Å². The average Bonchev–Trinajstić information content (AvgIpc) is 2.93. The summed E-state index contributed by atoms with van der Waals surface area (Å²) in [6, 6.07) is 12.6. The number of hydrogen-bond donors (Lipinski definition) is 2. The number of hydrazine groups is 1. The average molecular weight is 258 g/mol. The normalized spacial score (nSPS) is 14.3. The molecule has 4 nitrogen and oxygen atoms in total. The molecule has 0 amide bonds. The zero-order chi connectivity index (χ0) is 13.7. The van der Waals surface area contributed by atoms with Crippen LogP contribution < -0.4 is 11.3 Å². The van der Waals surface area contributed by atoms with Crippen molar-refractivity contribution in [1.29, 1.82) is 0 Å². The number of nitrogens with zero attached hydrogens (tertiary/aromatic N) is 2. The van der Waals surface area contributed by atoms with Crippen LogP contribution in [0.5, 0.6) is 0 Å². The molecule has 2 aromatic rings. The zero-order valence-corrected chi connectivity index (χ0v) is 11.6. The first-order valence-electron chi connectivity index (χ1n) is 6.84. The molecule has 0 saturated carbocycles. The molecule has 0 aliphatic carbocycles. The van der Waals surface area contributed by atoms with Crippen molar-refractivity contribution in [3.05, 3.63) is 53.9 Å². The van der Waals surface area contributed by atoms with Gasteiger partial charge in [0.15, 0.2) is 0 Å². The van der Waals surface area contributed by atoms with E-state index in [0.29, 0.717) is 5.92 Å². The minimum Gasteiger partial charge on any atom is -0.271 e. The topological polar surface area (TPSA) is 55.9 Å². The van der Waals surface area contributed by atoms with Crippen molar-refractivity contribution in [3.8, 4) is 0 Å². The van der Waals surface area contributed by atoms with Gasteiger partial charge in [-0.2, -0.15) is 5.10 Å². The van der Waals surface area contributed by atoms with Crippen LogP contribution in [0.15, 0.2) is 42.6 Å². The summed E-state index contributed by atoms with van der Waals surface area (Å²) in [5, 5.41) is 4.34. The third-order valence-corrected chi connectivity index (χ3v) is 3.62. The summed E-state index contributed by atoms with van der Waals surface area (Å²) >= 11 is 0. The SMILES string of the molecule is CCC(c1ccccc1)C(NN)c1ccnn1CC. The summed E-state index contributed by atoms with van der Waals surface area (Å²) in [6.45, 7) is 5.13. The lowest BCUT2D eigenvalue weighted by Crippen LogP contribution is -2.34. The Balaban J connectivity index is 2.34. The molecule has 0 aliphatic rings. The third kappa shape index (κ3) is 2.85. The van der Waals surface area contributed by atoms with Crippen LogP contribution in [0.25, 0.3) is 0 Å². The van der Waals surface area contributed by atoms with Crippen molar-refractivity contribution in [2.45, 2.75) is 38.8 Å². The molecule has 0 saturated heterocycles. The summed E-state index contributed by atoms with van der Waals surface area (Å²) in [7, 11) is 0. The van der Waals surface area contributed by atoms with Gasteiger partial charge in [0.05, 0.1) is 11.7 Å². The maximum Gasteiger partial charge on any atom is 0.0697 e. The Morgan fingerprint density at radius 3 is 2.53 bits per heavy atom. The highest BCUT2D eigenvalue weighted by molar-refractivity contribution is 5.24. The molecule has 1 aromatic carbocycles. The number of aromatic nitrogens is 2. The molecule has 1 aromatic heterocycles. The number of benzene rings is 1. The molecule has 0 aliphatic heterocycles. The fourth-order valence-corrected chi connectivity index (χ4v) is 2.64. The molecule has 0 bridgehead atoms. The van der Waals surface area contributed by atoms with E-state index in [0.717, 1.165) is 18.7 Å². The standard InChI is InChI=1S/C15H22N4/c1-3-13(12-8-6-5-7-9-12)15(18-16)14-10-11-17-19(14)4-2/h5-11,13,15,18H,3-4,16H2,1-2H3. The number of nitrogens with one attached hydrogen (secondary N) is 1. The molecule has 2 atom stereocenters. The minimum atomic E-state index is 0.0786. The van der Waals surface area contributed by atoms with Crippen molar-refractivity contribution in [3.63, 3.8) is 0 Å². The Hall–Kier alpha value is -1.65. The van der Waals surface area contributed by atoms with Gasteiger partial charge >= 0.3 is 0 Å². The van der Waals surface area contributed by atoms with Crippen molar-refractivity contribution in [1.82, 2.24) is 15.2 Å². The van der Waals surface area contributed by atoms with Crippen molar-refractivity contribution >= 4 is 0 Å². The van der Waals surface area contributed by atoms with Gasteiger partial charge in [0.1, 0.15) is 0 Å². The first-order valence-corrected chi connectivity index (χ1v) is 6.84. The lowest BCUT2D eigenvalue weighted by atomic mass is 9.87. The maximum atomic E-state index is 5.81. The molecule has 102 valence electrons. The molecule has 0 radical (unpaired) electrons. The lowest BCUT2D eigenvalue weighted by Gasteiger charge is -2.26. The summed E-state index contributed by atoms with van der Waals surface area (Å²) in [5.41, 5.74) is 5.41. The van der Waals surface area contributed by atoms with Crippen LogP contribution in [0.4, 0.5) is 0 Å². The largest absolute Gasteiger partial charge is 0.271 e. The smallest absolute Gasteiger partial charge is 0.0697 e. The monoisotopic (exact) mass is 258 g/mol. The molecule has 2 unspecified atom stereocenters. The summed E-state index contributed by atoms with van der Waals surface area (Å²) in [5.74, 6) is 6.15. The number of aryl methyl sites for hydroxylation is 1. The lowest BCUT2D eigenvalue weighted by molar-refractivity contribution is 0.412. The molecule has 19 heavy (non-hydrogen) atoms. The highest BCUT2D eigenvalue weighted by Crippen LogP contribution is 2.32. The Bertz CT molecular complexity index is 492. The van der Waals surface area contributed by atoms with Gasteiger partial charge in [-0.25, -0.2) is 0 Å². The van der Waals surface area contributed by atoms with Crippen LogP contribution in [0.3, 0.4) is 0 Å².